The maximum atomic E-state index is 12.4. The number of hydrogen-bond donors (Lipinski definition) is 0. The van der Waals surface area contributed by atoms with Gasteiger partial charge in [0.2, 0.25) is 0 Å². The first-order chi connectivity index (χ1) is 28.4. The molecule has 5 rings (SSSR count). The number of aryl methyl sites for hydroxylation is 2. The van der Waals surface area contributed by atoms with Gasteiger partial charge in [-0.1, -0.05) is 51.0 Å². The van der Waals surface area contributed by atoms with E-state index in [4.69, 9.17) is 18.9 Å². The lowest BCUT2D eigenvalue weighted by Gasteiger charge is -2.08. The van der Waals surface area contributed by atoms with E-state index in [-0.39, 0.29) is 24.8 Å². The van der Waals surface area contributed by atoms with Gasteiger partial charge in [-0.25, -0.2) is 0 Å². The number of benzene rings is 5. The molecule has 5 aromatic rings. The van der Waals surface area contributed by atoms with Gasteiger partial charge < -0.3 is 18.9 Å². The molecule has 0 aromatic heterocycles. The first kappa shape index (κ1) is 43.0. The minimum Gasteiger partial charge on any atom is -0.494 e. The zero-order chi connectivity index (χ0) is 40.6. The molecule has 5 aromatic carbocycles. The second kappa shape index (κ2) is 24.5. The SMILES string of the molecule is CCCCc1ccc(N=Nc2ccc(OCCCCC(=O)Oc3ccc(OC(=O)CCCCOc4ccc(N=Nc5ccc(CCCC)cc5)cc4)cc3)cc2)cc1. The average Bonchev–Trinajstić information content (AvgIpc) is 3.25. The molecule has 0 unspecified atom stereocenters. The predicted octanol–water partition coefficient (Wildman–Crippen LogP) is 13.5. The van der Waals surface area contributed by atoms with Crippen LogP contribution in [0.1, 0.15) is 89.2 Å². The van der Waals surface area contributed by atoms with E-state index >= 15 is 0 Å². The van der Waals surface area contributed by atoms with Crippen molar-refractivity contribution < 1.29 is 28.5 Å². The van der Waals surface area contributed by atoms with E-state index in [2.05, 4.69) is 58.6 Å². The maximum absolute atomic E-state index is 12.4. The first-order valence-electron chi connectivity index (χ1n) is 20.4. The summed E-state index contributed by atoms with van der Waals surface area (Å²) in [5, 5.41) is 17.3. The minimum absolute atomic E-state index is 0.259. The molecule has 58 heavy (non-hydrogen) atoms. The van der Waals surface area contributed by atoms with Crippen LogP contribution < -0.4 is 18.9 Å². The van der Waals surface area contributed by atoms with Crippen molar-refractivity contribution in [3.8, 4) is 23.0 Å². The lowest BCUT2D eigenvalue weighted by Crippen LogP contribution is -2.09. The van der Waals surface area contributed by atoms with E-state index in [1.807, 2.05) is 72.8 Å². The molecular formula is C48H54N4O6. The van der Waals surface area contributed by atoms with Gasteiger partial charge in [0.05, 0.1) is 36.0 Å². The minimum atomic E-state index is -0.335. The summed E-state index contributed by atoms with van der Waals surface area (Å²) in [5.41, 5.74) is 5.76. The molecule has 0 bridgehead atoms. The van der Waals surface area contributed by atoms with Gasteiger partial charge >= 0.3 is 11.9 Å². The van der Waals surface area contributed by atoms with E-state index in [0.29, 0.717) is 50.4 Å². The zero-order valence-corrected chi connectivity index (χ0v) is 33.7. The Hall–Kier alpha value is -6.16. The van der Waals surface area contributed by atoms with Gasteiger partial charge in [-0.3, -0.25) is 9.59 Å². The second-order valence-corrected chi connectivity index (χ2v) is 14.0. The summed E-state index contributed by atoms with van der Waals surface area (Å²) in [4.78, 5) is 24.7. The Morgan fingerprint density at radius 3 is 1.03 bits per heavy atom. The third-order valence-electron chi connectivity index (χ3n) is 9.12. The Balaban J connectivity index is 0.888. The van der Waals surface area contributed by atoms with Crippen molar-refractivity contribution in [2.24, 2.45) is 20.5 Å². The van der Waals surface area contributed by atoms with Gasteiger partial charge in [0.1, 0.15) is 23.0 Å². The number of azo groups is 2. The molecule has 0 saturated heterocycles. The van der Waals surface area contributed by atoms with Crippen LogP contribution in [0.4, 0.5) is 22.7 Å². The molecule has 0 amide bonds. The Labute approximate surface area is 342 Å². The largest absolute Gasteiger partial charge is 0.494 e. The number of carbonyl (C=O) groups is 2. The Kier molecular flexibility index (Phi) is 18.1. The van der Waals surface area contributed by atoms with E-state index < -0.39 is 0 Å². The first-order valence-corrected chi connectivity index (χ1v) is 20.4. The van der Waals surface area contributed by atoms with E-state index in [0.717, 1.165) is 47.1 Å². The molecule has 0 heterocycles. The number of nitrogens with zero attached hydrogens (tertiary/aromatic N) is 4. The van der Waals surface area contributed by atoms with Crippen molar-refractivity contribution in [2.75, 3.05) is 13.2 Å². The van der Waals surface area contributed by atoms with Crippen LogP contribution in [0.3, 0.4) is 0 Å². The Morgan fingerprint density at radius 2 is 0.707 bits per heavy atom. The van der Waals surface area contributed by atoms with Crippen LogP contribution in [0.2, 0.25) is 0 Å². The highest BCUT2D eigenvalue weighted by Gasteiger charge is 2.09. The molecule has 0 atom stereocenters. The van der Waals surface area contributed by atoms with Crippen molar-refractivity contribution >= 4 is 34.7 Å². The maximum Gasteiger partial charge on any atom is 0.311 e. The fraction of sp³-hybridized carbons (Fsp3) is 0.333. The summed E-state index contributed by atoms with van der Waals surface area (Å²) in [6.07, 6.45) is 10.1. The van der Waals surface area contributed by atoms with Gasteiger partial charge in [-0.2, -0.15) is 20.5 Å². The van der Waals surface area contributed by atoms with Gasteiger partial charge in [0, 0.05) is 12.8 Å². The van der Waals surface area contributed by atoms with Crippen LogP contribution in [-0.2, 0) is 22.4 Å². The summed E-state index contributed by atoms with van der Waals surface area (Å²) in [7, 11) is 0. The van der Waals surface area contributed by atoms with Gasteiger partial charge in [0.15, 0.2) is 0 Å². The van der Waals surface area contributed by atoms with Gasteiger partial charge in [-0.15, -0.1) is 0 Å². The van der Waals surface area contributed by atoms with Crippen LogP contribution in [0.5, 0.6) is 23.0 Å². The molecule has 0 N–H and O–H groups in total. The number of unbranched alkanes of at least 4 members (excludes halogenated alkanes) is 4. The topological polar surface area (TPSA) is 121 Å². The van der Waals surface area contributed by atoms with Crippen molar-refractivity contribution in [1.82, 2.24) is 0 Å². The van der Waals surface area contributed by atoms with Crippen molar-refractivity contribution in [3.63, 3.8) is 0 Å². The smallest absolute Gasteiger partial charge is 0.311 e. The molecule has 0 aliphatic rings. The molecular weight excluding hydrogens is 729 g/mol. The molecule has 0 radical (unpaired) electrons. The third-order valence-corrected chi connectivity index (χ3v) is 9.12. The molecule has 0 spiro atoms. The highest BCUT2D eigenvalue weighted by Crippen LogP contribution is 2.25. The highest BCUT2D eigenvalue weighted by molar-refractivity contribution is 5.73. The molecule has 10 nitrogen and oxygen atoms in total. The summed E-state index contributed by atoms with van der Waals surface area (Å²) >= 11 is 0. The van der Waals surface area contributed by atoms with E-state index in [1.165, 1.54) is 36.8 Å². The number of esters is 2. The summed E-state index contributed by atoms with van der Waals surface area (Å²) in [6, 6.07) is 37.7. The molecule has 302 valence electrons. The number of carbonyl (C=O) groups excluding carboxylic acids is 2. The van der Waals surface area contributed by atoms with Gasteiger partial charge in [-0.05, 0) is 160 Å². The fourth-order valence-corrected chi connectivity index (χ4v) is 5.73. The average molecular weight is 783 g/mol. The molecule has 0 saturated carbocycles. The third kappa shape index (κ3) is 16.1. The van der Waals surface area contributed by atoms with E-state index in [9.17, 15) is 9.59 Å². The molecule has 0 fully saturated rings. The standard InChI is InChI=1S/C48H54N4O6/c1-3-5-11-37-15-19-39(20-16-37)49-51-41-23-27-43(28-24-41)55-35-9-7-13-47(53)57-45-31-33-46(34-32-45)58-48(54)14-8-10-36-56-44-29-25-42(26-30-44)52-50-40-21-17-38(18-22-40)12-6-4-2/h15-34H,3-14,35-36H2,1-2H3. The summed E-state index contributed by atoms with van der Waals surface area (Å²) in [6.45, 7) is 5.34. The number of rotatable bonds is 24. The van der Waals surface area contributed by atoms with Crippen molar-refractivity contribution in [3.05, 3.63) is 132 Å². The van der Waals surface area contributed by atoms with Crippen LogP contribution in [-0.4, -0.2) is 25.2 Å². The molecule has 10 heteroatoms. The van der Waals surface area contributed by atoms with Crippen LogP contribution in [0.15, 0.2) is 142 Å². The number of hydrogen-bond acceptors (Lipinski definition) is 10. The fourth-order valence-electron chi connectivity index (χ4n) is 5.73. The van der Waals surface area contributed by atoms with Crippen LogP contribution in [0, 0.1) is 0 Å². The molecule has 0 aliphatic carbocycles. The second-order valence-electron chi connectivity index (χ2n) is 14.0. The van der Waals surface area contributed by atoms with Crippen LogP contribution >= 0.6 is 0 Å². The van der Waals surface area contributed by atoms with E-state index in [1.54, 1.807) is 24.3 Å². The van der Waals surface area contributed by atoms with Gasteiger partial charge in [0.25, 0.3) is 0 Å². The monoisotopic (exact) mass is 782 g/mol. The lowest BCUT2D eigenvalue weighted by atomic mass is 10.1. The van der Waals surface area contributed by atoms with Crippen LogP contribution in [0.25, 0.3) is 0 Å². The Bertz CT molecular complexity index is 1860. The predicted molar refractivity (Wildman–Crippen MR) is 228 cm³/mol. The zero-order valence-electron chi connectivity index (χ0n) is 33.7. The Morgan fingerprint density at radius 1 is 0.397 bits per heavy atom. The van der Waals surface area contributed by atoms with Crippen molar-refractivity contribution in [2.45, 2.75) is 90.9 Å². The summed E-state index contributed by atoms with van der Waals surface area (Å²) in [5.74, 6) is 1.57. The quantitative estimate of drug-likeness (QED) is 0.0266. The highest BCUT2D eigenvalue weighted by atomic mass is 16.5. The summed E-state index contributed by atoms with van der Waals surface area (Å²) < 4.78 is 22.5. The molecule has 0 aliphatic heterocycles. The lowest BCUT2D eigenvalue weighted by molar-refractivity contribution is -0.135. The normalized spacial score (nSPS) is 11.2. The number of ether oxygens (including phenoxy) is 4. The van der Waals surface area contributed by atoms with Crippen molar-refractivity contribution in [1.29, 1.82) is 0 Å².